The summed E-state index contributed by atoms with van der Waals surface area (Å²) in [6, 6.07) is 2.81. The molecule has 1 aliphatic rings. The van der Waals surface area contributed by atoms with Gasteiger partial charge in [-0.2, -0.15) is 0 Å². The van der Waals surface area contributed by atoms with E-state index in [2.05, 4.69) is 39.1 Å². The van der Waals surface area contributed by atoms with E-state index in [1.807, 2.05) is 0 Å². The Hall–Kier alpha value is -0.800. The number of rotatable bonds is 7. The highest BCUT2D eigenvalue weighted by molar-refractivity contribution is 5.19. The highest BCUT2D eigenvalue weighted by atomic mass is 16.5. The topological polar surface area (TPSA) is 34.4 Å². The summed E-state index contributed by atoms with van der Waals surface area (Å²) in [6.45, 7) is 9.96. The number of hydrogen-bond donors (Lipinski definition) is 1. The quantitative estimate of drug-likeness (QED) is 0.806. The molecule has 1 atom stereocenters. The molecular formula is C15H25NO2. The summed E-state index contributed by atoms with van der Waals surface area (Å²) in [5, 5.41) is 3.48. The van der Waals surface area contributed by atoms with E-state index in [0.717, 1.165) is 24.1 Å². The summed E-state index contributed by atoms with van der Waals surface area (Å²) >= 11 is 0. The molecule has 0 radical (unpaired) electrons. The van der Waals surface area contributed by atoms with Gasteiger partial charge in [-0.1, -0.05) is 13.8 Å². The average Bonchev–Trinajstić information content (AvgIpc) is 3.08. The van der Waals surface area contributed by atoms with Gasteiger partial charge in [0, 0.05) is 6.04 Å². The highest BCUT2D eigenvalue weighted by Crippen LogP contribution is 2.21. The summed E-state index contributed by atoms with van der Waals surface area (Å²) < 4.78 is 11.6. The van der Waals surface area contributed by atoms with Crippen LogP contribution in [0.5, 0.6) is 0 Å². The summed E-state index contributed by atoms with van der Waals surface area (Å²) in [5.74, 6) is 2.53. The lowest BCUT2D eigenvalue weighted by Gasteiger charge is -2.15. The first-order valence-electron chi connectivity index (χ1n) is 6.99. The summed E-state index contributed by atoms with van der Waals surface area (Å²) in [6.07, 6.45) is 2.88. The van der Waals surface area contributed by atoms with Crippen molar-refractivity contribution in [3.8, 4) is 0 Å². The molecule has 1 fully saturated rings. The van der Waals surface area contributed by atoms with E-state index in [4.69, 9.17) is 9.15 Å². The van der Waals surface area contributed by atoms with Crippen molar-refractivity contribution in [1.29, 1.82) is 0 Å². The molecule has 1 aromatic heterocycles. The molecule has 1 N–H and O–H groups in total. The third kappa shape index (κ3) is 3.85. The lowest BCUT2D eigenvalue weighted by molar-refractivity contribution is 0.0145. The molecule has 1 heterocycles. The van der Waals surface area contributed by atoms with Gasteiger partial charge in [0.1, 0.15) is 18.1 Å². The Kier molecular flexibility index (Phi) is 4.46. The molecule has 18 heavy (non-hydrogen) atoms. The molecule has 1 aliphatic carbocycles. The van der Waals surface area contributed by atoms with Crippen molar-refractivity contribution in [1.82, 2.24) is 5.32 Å². The summed E-state index contributed by atoms with van der Waals surface area (Å²) in [7, 11) is 0. The van der Waals surface area contributed by atoms with Crippen LogP contribution in [0.1, 0.15) is 50.7 Å². The zero-order valence-corrected chi connectivity index (χ0v) is 12.0. The number of furan rings is 1. The van der Waals surface area contributed by atoms with Gasteiger partial charge in [-0.3, -0.25) is 0 Å². The molecule has 2 rings (SSSR count). The van der Waals surface area contributed by atoms with Crippen molar-refractivity contribution in [2.24, 2.45) is 5.92 Å². The SMILES string of the molecule is Cc1cc(COC(C)C(C)C)oc1CNC1CC1. The fourth-order valence-corrected chi connectivity index (χ4v) is 1.77. The molecule has 0 aromatic carbocycles. The zero-order chi connectivity index (χ0) is 13.1. The van der Waals surface area contributed by atoms with Crippen LogP contribution < -0.4 is 5.32 Å². The van der Waals surface area contributed by atoms with E-state index in [9.17, 15) is 0 Å². The lowest BCUT2D eigenvalue weighted by atomic mass is 10.1. The van der Waals surface area contributed by atoms with Crippen LogP contribution in [0.25, 0.3) is 0 Å². The zero-order valence-electron chi connectivity index (χ0n) is 12.0. The minimum absolute atomic E-state index is 0.267. The predicted molar refractivity (Wildman–Crippen MR) is 72.4 cm³/mol. The summed E-state index contributed by atoms with van der Waals surface area (Å²) in [4.78, 5) is 0. The van der Waals surface area contributed by atoms with Gasteiger partial charge in [0.25, 0.3) is 0 Å². The first-order chi connectivity index (χ1) is 8.56. The molecule has 0 amide bonds. The van der Waals surface area contributed by atoms with E-state index in [-0.39, 0.29) is 6.10 Å². The van der Waals surface area contributed by atoms with Gasteiger partial charge in [0.15, 0.2) is 0 Å². The molecule has 1 aromatic rings. The van der Waals surface area contributed by atoms with Gasteiger partial charge in [-0.05, 0) is 44.2 Å². The Morgan fingerprint density at radius 1 is 1.39 bits per heavy atom. The maximum Gasteiger partial charge on any atom is 0.130 e. The van der Waals surface area contributed by atoms with Crippen molar-refractivity contribution in [3.63, 3.8) is 0 Å². The Morgan fingerprint density at radius 2 is 2.11 bits per heavy atom. The van der Waals surface area contributed by atoms with E-state index in [1.54, 1.807) is 0 Å². The number of nitrogens with one attached hydrogen (secondary N) is 1. The fourth-order valence-electron chi connectivity index (χ4n) is 1.77. The second-order valence-electron chi connectivity index (χ2n) is 5.73. The molecule has 102 valence electrons. The van der Waals surface area contributed by atoms with Crippen LogP contribution in [0.4, 0.5) is 0 Å². The lowest BCUT2D eigenvalue weighted by Crippen LogP contribution is -2.15. The second kappa shape index (κ2) is 5.89. The third-order valence-corrected chi connectivity index (χ3v) is 3.63. The predicted octanol–water partition coefficient (Wildman–Crippen LogP) is 3.40. The van der Waals surface area contributed by atoms with Crippen LogP contribution in [0.3, 0.4) is 0 Å². The Morgan fingerprint density at radius 3 is 2.72 bits per heavy atom. The molecule has 0 saturated heterocycles. The minimum Gasteiger partial charge on any atom is -0.462 e. The first kappa shape index (κ1) is 13.6. The molecular weight excluding hydrogens is 226 g/mol. The van der Waals surface area contributed by atoms with Crippen molar-refractivity contribution in [3.05, 3.63) is 23.2 Å². The fraction of sp³-hybridized carbons (Fsp3) is 0.733. The van der Waals surface area contributed by atoms with Gasteiger partial charge in [0.05, 0.1) is 12.6 Å². The van der Waals surface area contributed by atoms with Gasteiger partial charge >= 0.3 is 0 Å². The van der Waals surface area contributed by atoms with Gasteiger partial charge in [-0.25, -0.2) is 0 Å². The van der Waals surface area contributed by atoms with Crippen LogP contribution in [-0.4, -0.2) is 12.1 Å². The van der Waals surface area contributed by atoms with Crippen molar-refractivity contribution < 1.29 is 9.15 Å². The largest absolute Gasteiger partial charge is 0.462 e. The average molecular weight is 251 g/mol. The van der Waals surface area contributed by atoms with Crippen molar-refractivity contribution >= 4 is 0 Å². The normalized spacial score (nSPS) is 17.4. The smallest absolute Gasteiger partial charge is 0.130 e. The second-order valence-corrected chi connectivity index (χ2v) is 5.73. The molecule has 3 nitrogen and oxygen atoms in total. The Labute approximate surface area is 110 Å². The van der Waals surface area contributed by atoms with E-state index >= 15 is 0 Å². The molecule has 0 aliphatic heterocycles. The first-order valence-corrected chi connectivity index (χ1v) is 6.99. The Bertz CT molecular complexity index is 380. The van der Waals surface area contributed by atoms with Gasteiger partial charge in [0.2, 0.25) is 0 Å². The highest BCUT2D eigenvalue weighted by Gasteiger charge is 2.21. The van der Waals surface area contributed by atoms with Crippen LogP contribution in [-0.2, 0) is 17.9 Å². The third-order valence-electron chi connectivity index (χ3n) is 3.63. The van der Waals surface area contributed by atoms with Crippen LogP contribution in [0, 0.1) is 12.8 Å². The maximum atomic E-state index is 5.84. The molecule has 0 spiro atoms. The summed E-state index contributed by atoms with van der Waals surface area (Å²) in [5.41, 5.74) is 1.22. The number of hydrogen-bond acceptors (Lipinski definition) is 3. The van der Waals surface area contributed by atoms with Crippen LogP contribution in [0.15, 0.2) is 10.5 Å². The van der Waals surface area contributed by atoms with Crippen LogP contribution >= 0.6 is 0 Å². The van der Waals surface area contributed by atoms with E-state index in [0.29, 0.717) is 12.5 Å². The minimum atomic E-state index is 0.267. The monoisotopic (exact) mass is 251 g/mol. The van der Waals surface area contributed by atoms with E-state index in [1.165, 1.54) is 18.4 Å². The van der Waals surface area contributed by atoms with Gasteiger partial charge < -0.3 is 14.5 Å². The molecule has 1 saturated carbocycles. The Balaban J connectivity index is 1.83. The number of aryl methyl sites for hydroxylation is 1. The van der Waals surface area contributed by atoms with Crippen molar-refractivity contribution in [2.75, 3.05) is 0 Å². The standard InChI is InChI=1S/C15H25NO2/c1-10(2)12(4)17-9-14-7-11(3)15(18-14)8-16-13-5-6-13/h7,10,12-13,16H,5-6,8-9H2,1-4H3. The maximum absolute atomic E-state index is 5.84. The van der Waals surface area contributed by atoms with Crippen LogP contribution in [0.2, 0.25) is 0 Å². The van der Waals surface area contributed by atoms with Gasteiger partial charge in [-0.15, -0.1) is 0 Å². The molecule has 3 heteroatoms. The molecule has 1 unspecified atom stereocenters. The number of ether oxygens (including phenoxy) is 1. The molecule has 0 bridgehead atoms. The van der Waals surface area contributed by atoms with E-state index < -0.39 is 0 Å². The van der Waals surface area contributed by atoms with Crippen molar-refractivity contribution in [2.45, 2.75) is 65.8 Å².